The normalized spacial score (nSPS) is 25.2. The van der Waals surface area contributed by atoms with Crippen LogP contribution in [0.25, 0.3) is 0 Å². The van der Waals surface area contributed by atoms with E-state index in [-0.39, 0.29) is 11.2 Å². The molecular formula is C3H5N3OS. The standard InChI is InChI=1S/C3H5N3OS/c4-3(7)2-1-5-6-8-2/h1-2,6H,(H2,4,7). The maximum Gasteiger partial charge on any atom is 0.237 e. The Hall–Kier alpha value is -0.710. The Kier molecular flexibility index (Phi) is 1.38. The number of nitrogens with zero attached hydrogens (tertiary/aromatic N) is 1. The summed E-state index contributed by atoms with van der Waals surface area (Å²) in [6, 6.07) is 0. The van der Waals surface area contributed by atoms with Gasteiger partial charge in [-0.15, -0.1) is 0 Å². The van der Waals surface area contributed by atoms with Crippen LogP contribution in [0.1, 0.15) is 0 Å². The number of amides is 1. The molecule has 44 valence electrons. The molecule has 0 saturated heterocycles. The molecule has 0 aliphatic carbocycles. The minimum absolute atomic E-state index is 0.282. The fourth-order valence-corrected chi connectivity index (χ4v) is 0.820. The molecule has 0 bridgehead atoms. The molecule has 0 radical (unpaired) electrons. The van der Waals surface area contributed by atoms with Crippen molar-refractivity contribution in [3.8, 4) is 0 Å². The van der Waals surface area contributed by atoms with Crippen molar-refractivity contribution in [2.24, 2.45) is 10.8 Å². The van der Waals surface area contributed by atoms with E-state index in [2.05, 4.69) is 9.93 Å². The first-order valence-electron chi connectivity index (χ1n) is 2.04. The minimum atomic E-state index is -0.358. The molecule has 0 spiro atoms. The van der Waals surface area contributed by atoms with Crippen molar-refractivity contribution in [3.63, 3.8) is 0 Å². The maximum atomic E-state index is 10.3. The van der Waals surface area contributed by atoms with Gasteiger partial charge in [-0.3, -0.25) is 9.63 Å². The van der Waals surface area contributed by atoms with Gasteiger partial charge in [0.1, 0.15) is 5.25 Å². The van der Waals surface area contributed by atoms with Crippen LogP contribution in [0, 0.1) is 0 Å². The van der Waals surface area contributed by atoms with Gasteiger partial charge in [-0.05, 0) is 11.9 Å². The Morgan fingerprint density at radius 1 is 2.00 bits per heavy atom. The molecule has 0 aromatic carbocycles. The van der Waals surface area contributed by atoms with Crippen molar-refractivity contribution < 1.29 is 4.79 Å². The van der Waals surface area contributed by atoms with Crippen LogP contribution in [0.2, 0.25) is 0 Å². The Morgan fingerprint density at radius 3 is 3.00 bits per heavy atom. The monoisotopic (exact) mass is 131 g/mol. The predicted octanol–water partition coefficient (Wildman–Crippen LogP) is -0.922. The maximum absolute atomic E-state index is 10.3. The highest BCUT2D eigenvalue weighted by atomic mass is 32.2. The van der Waals surface area contributed by atoms with E-state index in [1.54, 1.807) is 0 Å². The third kappa shape index (κ3) is 0.919. The van der Waals surface area contributed by atoms with Gasteiger partial charge in [0.25, 0.3) is 0 Å². The number of hydrazone groups is 1. The molecule has 8 heavy (non-hydrogen) atoms. The molecule has 1 aliphatic rings. The lowest BCUT2D eigenvalue weighted by Gasteiger charge is -1.94. The fourth-order valence-electron chi connectivity index (χ4n) is 0.347. The van der Waals surface area contributed by atoms with E-state index in [4.69, 9.17) is 5.73 Å². The first-order chi connectivity index (χ1) is 3.80. The molecule has 1 aliphatic heterocycles. The molecule has 0 saturated carbocycles. The summed E-state index contributed by atoms with van der Waals surface area (Å²) in [6.45, 7) is 0. The number of rotatable bonds is 1. The van der Waals surface area contributed by atoms with Crippen molar-refractivity contribution >= 4 is 24.1 Å². The highest BCUT2D eigenvalue weighted by Gasteiger charge is 2.16. The van der Waals surface area contributed by atoms with Crippen molar-refractivity contribution in [2.75, 3.05) is 0 Å². The summed E-state index contributed by atoms with van der Waals surface area (Å²) in [5, 5.41) is 3.29. The van der Waals surface area contributed by atoms with Crippen LogP contribution < -0.4 is 10.6 Å². The summed E-state index contributed by atoms with van der Waals surface area (Å²) in [7, 11) is 0. The third-order valence-electron chi connectivity index (χ3n) is 0.723. The largest absolute Gasteiger partial charge is 0.368 e. The van der Waals surface area contributed by atoms with Crippen LogP contribution >= 0.6 is 11.9 Å². The highest BCUT2D eigenvalue weighted by molar-refractivity contribution is 7.99. The summed E-state index contributed by atoms with van der Waals surface area (Å²) >= 11 is 1.20. The van der Waals surface area contributed by atoms with Gasteiger partial charge in [0.15, 0.2) is 0 Å². The Balaban J connectivity index is 2.48. The van der Waals surface area contributed by atoms with E-state index in [1.807, 2.05) is 0 Å². The molecule has 5 heteroatoms. The van der Waals surface area contributed by atoms with E-state index < -0.39 is 0 Å². The molecule has 0 aromatic heterocycles. The van der Waals surface area contributed by atoms with Gasteiger partial charge in [-0.1, -0.05) is 0 Å². The molecule has 0 fully saturated rings. The zero-order valence-corrected chi connectivity index (χ0v) is 4.81. The lowest BCUT2D eigenvalue weighted by atomic mass is 10.4. The Morgan fingerprint density at radius 2 is 2.75 bits per heavy atom. The van der Waals surface area contributed by atoms with E-state index in [1.165, 1.54) is 18.2 Å². The van der Waals surface area contributed by atoms with Gasteiger partial charge in [0, 0.05) is 6.21 Å². The van der Waals surface area contributed by atoms with Gasteiger partial charge >= 0.3 is 0 Å². The second-order valence-corrected chi connectivity index (χ2v) is 2.24. The minimum Gasteiger partial charge on any atom is -0.368 e. The van der Waals surface area contributed by atoms with Crippen LogP contribution in [-0.2, 0) is 4.79 Å². The molecule has 0 aromatic rings. The predicted molar refractivity (Wildman–Crippen MR) is 32.2 cm³/mol. The number of nitrogens with two attached hydrogens (primary N) is 1. The molecular weight excluding hydrogens is 126 g/mol. The summed E-state index contributed by atoms with van der Waals surface area (Å²) in [5.74, 6) is -0.358. The quantitative estimate of drug-likeness (QED) is 0.452. The van der Waals surface area contributed by atoms with Crippen LogP contribution in [0.15, 0.2) is 5.10 Å². The van der Waals surface area contributed by atoms with Gasteiger partial charge in [0.05, 0.1) is 0 Å². The smallest absolute Gasteiger partial charge is 0.237 e. The summed E-state index contributed by atoms with van der Waals surface area (Å²) < 4.78 is 0. The number of carbonyl (C=O) groups excluding carboxylic acids is 1. The van der Waals surface area contributed by atoms with Crippen molar-refractivity contribution in [1.82, 2.24) is 4.83 Å². The highest BCUT2D eigenvalue weighted by Crippen LogP contribution is 2.07. The van der Waals surface area contributed by atoms with Gasteiger partial charge in [-0.2, -0.15) is 5.10 Å². The molecule has 1 amide bonds. The van der Waals surface area contributed by atoms with E-state index in [0.717, 1.165) is 0 Å². The summed E-state index contributed by atoms with van der Waals surface area (Å²) in [5.41, 5.74) is 4.91. The lowest BCUT2D eigenvalue weighted by Crippen LogP contribution is -2.25. The zero-order chi connectivity index (χ0) is 5.98. The first-order valence-corrected chi connectivity index (χ1v) is 2.92. The SMILES string of the molecule is NC(=O)C1C=NNS1. The van der Waals surface area contributed by atoms with Crippen molar-refractivity contribution in [3.05, 3.63) is 0 Å². The second kappa shape index (κ2) is 2.04. The molecule has 1 rings (SSSR count). The molecule has 1 heterocycles. The van der Waals surface area contributed by atoms with Crippen LogP contribution in [-0.4, -0.2) is 17.4 Å². The number of primary amides is 1. The number of hydrogen-bond acceptors (Lipinski definition) is 4. The Bertz CT molecular complexity index is 134. The van der Waals surface area contributed by atoms with Gasteiger partial charge in [0.2, 0.25) is 5.91 Å². The molecule has 1 unspecified atom stereocenters. The van der Waals surface area contributed by atoms with E-state index >= 15 is 0 Å². The van der Waals surface area contributed by atoms with Gasteiger partial charge in [-0.25, -0.2) is 0 Å². The van der Waals surface area contributed by atoms with Crippen LogP contribution in [0.5, 0.6) is 0 Å². The Labute approximate surface area is 50.6 Å². The molecule has 3 N–H and O–H groups in total. The van der Waals surface area contributed by atoms with Crippen molar-refractivity contribution in [2.45, 2.75) is 5.25 Å². The van der Waals surface area contributed by atoms with Crippen LogP contribution in [0.4, 0.5) is 0 Å². The van der Waals surface area contributed by atoms with Gasteiger partial charge < -0.3 is 5.73 Å². The summed E-state index contributed by atoms with van der Waals surface area (Å²) in [4.78, 5) is 12.8. The third-order valence-corrected chi connectivity index (χ3v) is 1.54. The summed E-state index contributed by atoms with van der Waals surface area (Å²) in [6.07, 6.45) is 1.48. The second-order valence-electron chi connectivity index (χ2n) is 1.31. The lowest BCUT2D eigenvalue weighted by molar-refractivity contribution is -0.116. The van der Waals surface area contributed by atoms with E-state index in [0.29, 0.717) is 0 Å². The topological polar surface area (TPSA) is 67.5 Å². The molecule has 1 atom stereocenters. The van der Waals surface area contributed by atoms with Crippen molar-refractivity contribution in [1.29, 1.82) is 0 Å². The first kappa shape index (κ1) is 5.43. The zero-order valence-electron chi connectivity index (χ0n) is 4.00. The fraction of sp³-hybridized carbons (Fsp3) is 0.333. The average molecular weight is 131 g/mol. The number of nitrogens with one attached hydrogen (secondary N) is 1. The van der Waals surface area contributed by atoms with E-state index in [9.17, 15) is 4.79 Å². The average Bonchev–Trinajstić information content (AvgIpc) is 2.12. The molecule has 4 nitrogen and oxygen atoms in total. The van der Waals surface area contributed by atoms with Crippen LogP contribution in [0.3, 0.4) is 0 Å². The number of carbonyl (C=O) groups is 1. The number of hydrogen-bond donors (Lipinski definition) is 2.